The molecule has 0 unspecified atom stereocenters. The molecule has 0 aliphatic heterocycles. The minimum absolute atomic E-state index is 0.515. The van der Waals surface area contributed by atoms with Crippen LogP contribution in [-0.2, 0) is 4.74 Å². The van der Waals surface area contributed by atoms with E-state index in [2.05, 4.69) is 10.1 Å². The van der Waals surface area contributed by atoms with Gasteiger partial charge in [0.05, 0.1) is 0 Å². The fraction of sp³-hybridized carbons (Fsp3) is 0.444. The number of hydrogen-bond donors (Lipinski definition) is 0. The van der Waals surface area contributed by atoms with Crippen LogP contribution in [0.1, 0.15) is 20.8 Å². The Labute approximate surface area is 82.4 Å². The van der Waals surface area contributed by atoms with Gasteiger partial charge in [-0.15, -0.1) is 0 Å². The van der Waals surface area contributed by atoms with E-state index in [0.29, 0.717) is 0 Å². The van der Waals surface area contributed by atoms with Gasteiger partial charge in [0.25, 0.3) is 0 Å². The molecular formula is C9H13N3O2. The van der Waals surface area contributed by atoms with Crippen molar-refractivity contribution in [2.75, 3.05) is 0 Å². The van der Waals surface area contributed by atoms with Crippen LogP contribution >= 0.6 is 0 Å². The lowest BCUT2D eigenvalue weighted by Crippen LogP contribution is -2.22. The molecule has 14 heavy (non-hydrogen) atoms. The van der Waals surface area contributed by atoms with Crippen LogP contribution in [0.3, 0.4) is 0 Å². The minimum atomic E-state index is -0.618. The van der Waals surface area contributed by atoms with Crippen molar-refractivity contribution in [3.8, 4) is 0 Å². The third-order valence-electron chi connectivity index (χ3n) is 1.20. The van der Waals surface area contributed by atoms with Gasteiger partial charge in [-0.25, -0.2) is 9.48 Å². The molecule has 0 aliphatic carbocycles. The van der Waals surface area contributed by atoms with E-state index < -0.39 is 11.7 Å². The molecule has 0 N–H and O–H groups in total. The van der Waals surface area contributed by atoms with E-state index in [-0.39, 0.29) is 0 Å². The zero-order valence-corrected chi connectivity index (χ0v) is 8.47. The lowest BCUT2D eigenvalue weighted by atomic mass is 10.2. The molecule has 0 aromatic carbocycles. The van der Waals surface area contributed by atoms with Crippen molar-refractivity contribution in [3.63, 3.8) is 0 Å². The Morgan fingerprint density at radius 1 is 1.57 bits per heavy atom. The third kappa shape index (κ3) is 3.84. The zero-order chi connectivity index (χ0) is 10.6. The Morgan fingerprint density at radius 2 is 2.29 bits per heavy atom. The van der Waals surface area contributed by atoms with E-state index in [4.69, 9.17) is 4.74 Å². The van der Waals surface area contributed by atoms with Crippen LogP contribution in [0.5, 0.6) is 0 Å². The molecule has 5 nitrogen and oxygen atoms in total. The van der Waals surface area contributed by atoms with Gasteiger partial charge in [-0.3, -0.25) is 0 Å². The summed E-state index contributed by atoms with van der Waals surface area (Å²) in [6, 6.07) is 1.74. The summed E-state index contributed by atoms with van der Waals surface area (Å²) in [7, 11) is 0. The number of aromatic nitrogens is 2. The van der Waals surface area contributed by atoms with Crippen LogP contribution in [0, 0.1) is 0 Å². The summed E-state index contributed by atoms with van der Waals surface area (Å²) in [6.45, 7) is 5.36. The summed E-state index contributed by atoms with van der Waals surface area (Å²) in [6.07, 6.45) is 3.95. The van der Waals surface area contributed by atoms with Crippen LogP contribution in [0.25, 0.3) is 0 Å². The number of ether oxygens (including phenoxy) is 1. The maximum atomic E-state index is 11.1. The molecular weight excluding hydrogens is 182 g/mol. The second-order valence-corrected chi connectivity index (χ2v) is 3.71. The van der Waals surface area contributed by atoms with Gasteiger partial charge in [-0.1, -0.05) is 0 Å². The highest BCUT2D eigenvalue weighted by atomic mass is 16.6. The highest BCUT2D eigenvalue weighted by molar-refractivity contribution is 5.79. The lowest BCUT2D eigenvalue weighted by molar-refractivity contribution is 0.0604. The van der Waals surface area contributed by atoms with Gasteiger partial charge in [0.1, 0.15) is 11.9 Å². The number of carbonyl (C=O) groups excluding carboxylic acids is 1. The fourth-order valence-electron chi connectivity index (χ4n) is 0.744. The van der Waals surface area contributed by atoms with E-state index in [0.717, 1.165) is 0 Å². The van der Waals surface area contributed by atoms with Gasteiger partial charge in [0.15, 0.2) is 0 Å². The lowest BCUT2D eigenvalue weighted by Gasteiger charge is -2.16. The highest BCUT2D eigenvalue weighted by Crippen LogP contribution is 2.07. The maximum absolute atomic E-state index is 11.1. The highest BCUT2D eigenvalue weighted by Gasteiger charge is 2.14. The zero-order valence-electron chi connectivity index (χ0n) is 8.47. The Balaban J connectivity index is 2.49. The normalized spacial score (nSPS) is 11.9. The van der Waals surface area contributed by atoms with Crippen molar-refractivity contribution in [3.05, 3.63) is 18.5 Å². The monoisotopic (exact) mass is 195 g/mol. The van der Waals surface area contributed by atoms with E-state index in [1.54, 1.807) is 39.2 Å². The van der Waals surface area contributed by atoms with Crippen molar-refractivity contribution >= 4 is 12.4 Å². The van der Waals surface area contributed by atoms with E-state index in [1.807, 2.05) is 0 Å². The Hall–Kier alpha value is -1.65. The molecule has 0 aliphatic rings. The van der Waals surface area contributed by atoms with Crippen LogP contribution < -0.4 is 0 Å². The van der Waals surface area contributed by atoms with Gasteiger partial charge < -0.3 is 4.74 Å². The van der Waals surface area contributed by atoms with Crippen LogP contribution in [0.4, 0.5) is 4.79 Å². The molecule has 0 atom stereocenters. The standard InChI is InChI=1S/C9H13N3O2/c1-9(2,3)14-8(13)10-7-12-6-4-5-11-12/h4-7H,1-3H3/b10-7-. The predicted molar refractivity (Wildman–Crippen MR) is 52.4 cm³/mol. The molecule has 1 aromatic rings. The molecule has 1 amide bonds. The van der Waals surface area contributed by atoms with Gasteiger partial charge in [-0.2, -0.15) is 10.1 Å². The third-order valence-corrected chi connectivity index (χ3v) is 1.20. The van der Waals surface area contributed by atoms with Crippen LogP contribution in [-0.4, -0.2) is 27.8 Å². The summed E-state index contributed by atoms with van der Waals surface area (Å²) in [5.74, 6) is 0. The second kappa shape index (κ2) is 4.04. The number of rotatable bonds is 1. The fourth-order valence-corrected chi connectivity index (χ4v) is 0.744. The molecule has 76 valence electrons. The van der Waals surface area contributed by atoms with Gasteiger partial charge >= 0.3 is 6.09 Å². The van der Waals surface area contributed by atoms with Crippen LogP contribution in [0.15, 0.2) is 23.5 Å². The first kappa shape index (κ1) is 10.4. The number of nitrogens with zero attached hydrogens (tertiary/aromatic N) is 3. The molecule has 0 fully saturated rings. The van der Waals surface area contributed by atoms with Crippen molar-refractivity contribution in [2.24, 2.45) is 4.99 Å². The molecule has 0 saturated heterocycles. The first-order valence-electron chi connectivity index (χ1n) is 4.24. The molecule has 1 heterocycles. The molecule has 1 rings (SSSR count). The Bertz CT molecular complexity index is 322. The van der Waals surface area contributed by atoms with Crippen molar-refractivity contribution in [2.45, 2.75) is 26.4 Å². The second-order valence-electron chi connectivity index (χ2n) is 3.71. The van der Waals surface area contributed by atoms with Crippen LogP contribution in [0.2, 0.25) is 0 Å². The first-order chi connectivity index (χ1) is 6.47. The first-order valence-corrected chi connectivity index (χ1v) is 4.24. The largest absolute Gasteiger partial charge is 0.442 e. The number of hydrogen-bond acceptors (Lipinski definition) is 3. The smallest absolute Gasteiger partial charge is 0.435 e. The van der Waals surface area contributed by atoms with E-state index >= 15 is 0 Å². The summed E-state index contributed by atoms with van der Waals surface area (Å²) >= 11 is 0. The number of amides is 1. The van der Waals surface area contributed by atoms with E-state index in [1.165, 1.54) is 11.0 Å². The molecule has 0 bridgehead atoms. The molecule has 5 heteroatoms. The molecule has 0 spiro atoms. The maximum Gasteiger partial charge on any atom is 0.435 e. The minimum Gasteiger partial charge on any atom is -0.442 e. The topological polar surface area (TPSA) is 56.5 Å². The van der Waals surface area contributed by atoms with Crippen molar-refractivity contribution < 1.29 is 9.53 Å². The summed E-state index contributed by atoms with van der Waals surface area (Å²) in [4.78, 5) is 14.7. The average Bonchev–Trinajstić information content (AvgIpc) is 2.49. The molecule has 0 saturated carbocycles. The van der Waals surface area contributed by atoms with Gasteiger partial charge in [-0.05, 0) is 26.8 Å². The van der Waals surface area contributed by atoms with Gasteiger partial charge in [0.2, 0.25) is 0 Å². The number of aliphatic imine (C=N–C) groups is 1. The predicted octanol–water partition coefficient (Wildman–Crippen LogP) is 1.69. The van der Waals surface area contributed by atoms with Crippen molar-refractivity contribution in [1.29, 1.82) is 0 Å². The van der Waals surface area contributed by atoms with E-state index in [9.17, 15) is 4.79 Å². The molecule has 1 aromatic heterocycles. The summed E-state index contributed by atoms with van der Waals surface area (Å²) < 4.78 is 6.38. The quantitative estimate of drug-likeness (QED) is 0.506. The molecule has 0 radical (unpaired) electrons. The SMILES string of the molecule is CC(C)(C)OC(=O)/N=C\n1cccn1. The Morgan fingerprint density at radius 3 is 2.79 bits per heavy atom. The van der Waals surface area contributed by atoms with Gasteiger partial charge in [0, 0.05) is 12.4 Å². The van der Waals surface area contributed by atoms with Crippen molar-refractivity contribution in [1.82, 2.24) is 9.78 Å². The average molecular weight is 195 g/mol. The summed E-state index contributed by atoms with van der Waals surface area (Å²) in [5, 5.41) is 3.84. The summed E-state index contributed by atoms with van der Waals surface area (Å²) in [5.41, 5.74) is -0.515. The Kier molecular flexibility index (Phi) is 3.01. The number of carbonyl (C=O) groups is 1.